The maximum atomic E-state index is 13.5. The lowest BCUT2D eigenvalue weighted by Gasteiger charge is -2.14. The molecule has 1 saturated heterocycles. The predicted molar refractivity (Wildman–Crippen MR) is 76.3 cm³/mol. The summed E-state index contributed by atoms with van der Waals surface area (Å²) in [6.45, 7) is 2.03. The van der Waals surface area contributed by atoms with Gasteiger partial charge in [0, 0.05) is 36.0 Å². The minimum Gasteiger partial charge on any atom is -0.493 e. The smallest absolute Gasteiger partial charge is 0.219 e. The van der Waals surface area contributed by atoms with Crippen LogP contribution in [0.2, 0.25) is 0 Å². The Morgan fingerprint density at radius 1 is 1.33 bits per heavy atom. The molecule has 1 aromatic carbocycles. The fourth-order valence-corrected chi connectivity index (χ4v) is 2.25. The van der Waals surface area contributed by atoms with Gasteiger partial charge in [0.25, 0.3) is 0 Å². The van der Waals surface area contributed by atoms with Crippen molar-refractivity contribution >= 4 is 5.95 Å². The van der Waals surface area contributed by atoms with E-state index in [4.69, 9.17) is 15.2 Å². The second-order valence-electron chi connectivity index (χ2n) is 5.01. The van der Waals surface area contributed by atoms with Gasteiger partial charge < -0.3 is 15.2 Å². The van der Waals surface area contributed by atoms with Crippen molar-refractivity contribution in [3.63, 3.8) is 0 Å². The van der Waals surface area contributed by atoms with Crippen molar-refractivity contribution in [2.75, 3.05) is 25.6 Å². The van der Waals surface area contributed by atoms with Crippen molar-refractivity contribution in [1.82, 2.24) is 9.97 Å². The molecule has 1 unspecified atom stereocenters. The van der Waals surface area contributed by atoms with E-state index in [1.807, 2.05) is 0 Å². The average molecular weight is 289 g/mol. The van der Waals surface area contributed by atoms with Gasteiger partial charge in [0.15, 0.2) is 0 Å². The van der Waals surface area contributed by atoms with Crippen molar-refractivity contribution in [3.05, 3.63) is 36.4 Å². The second-order valence-corrected chi connectivity index (χ2v) is 5.01. The molecule has 110 valence electrons. The summed E-state index contributed by atoms with van der Waals surface area (Å²) < 4.78 is 24.7. The largest absolute Gasteiger partial charge is 0.493 e. The highest BCUT2D eigenvalue weighted by molar-refractivity contribution is 5.69. The Morgan fingerprint density at radius 2 is 2.14 bits per heavy atom. The number of halogens is 1. The third-order valence-corrected chi connectivity index (χ3v) is 3.42. The van der Waals surface area contributed by atoms with Crippen LogP contribution >= 0.6 is 0 Å². The molecule has 0 amide bonds. The van der Waals surface area contributed by atoms with Crippen molar-refractivity contribution in [3.8, 4) is 16.9 Å². The summed E-state index contributed by atoms with van der Waals surface area (Å²) in [6, 6.07) is 4.41. The van der Waals surface area contributed by atoms with E-state index in [0.29, 0.717) is 36.0 Å². The Balaban J connectivity index is 1.83. The molecule has 5 nitrogen and oxygen atoms in total. The van der Waals surface area contributed by atoms with Crippen molar-refractivity contribution in [2.45, 2.75) is 6.42 Å². The van der Waals surface area contributed by atoms with E-state index in [1.54, 1.807) is 18.5 Å². The first-order valence-electron chi connectivity index (χ1n) is 6.80. The van der Waals surface area contributed by atoms with Gasteiger partial charge >= 0.3 is 0 Å². The number of hydrogen-bond acceptors (Lipinski definition) is 5. The van der Waals surface area contributed by atoms with E-state index >= 15 is 0 Å². The summed E-state index contributed by atoms with van der Waals surface area (Å²) in [5.41, 5.74) is 6.76. The SMILES string of the molecule is Nc1ncc(-c2cc(F)ccc2OCC2CCOC2)cn1. The number of nitrogens with zero attached hydrogens (tertiary/aromatic N) is 2. The lowest BCUT2D eigenvalue weighted by Crippen LogP contribution is -2.12. The number of ether oxygens (including phenoxy) is 2. The van der Waals surface area contributed by atoms with Crippen LogP contribution in [0.1, 0.15) is 6.42 Å². The molecular weight excluding hydrogens is 273 g/mol. The predicted octanol–water partition coefficient (Wildman–Crippen LogP) is 2.28. The van der Waals surface area contributed by atoms with Gasteiger partial charge in [-0.05, 0) is 24.6 Å². The summed E-state index contributed by atoms with van der Waals surface area (Å²) >= 11 is 0. The Morgan fingerprint density at radius 3 is 2.86 bits per heavy atom. The molecule has 21 heavy (non-hydrogen) atoms. The zero-order chi connectivity index (χ0) is 14.7. The summed E-state index contributed by atoms with van der Waals surface area (Å²) in [4.78, 5) is 7.87. The summed E-state index contributed by atoms with van der Waals surface area (Å²) in [5, 5.41) is 0. The van der Waals surface area contributed by atoms with Crippen molar-refractivity contribution in [2.24, 2.45) is 5.92 Å². The first-order valence-corrected chi connectivity index (χ1v) is 6.80. The van der Waals surface area contributed by atoms with Gasteiger partial charge in [0.1, 0.15) is 11.6 Å². The quantitative estimate of drug-likeness (QED) is 0.935. The standard InChI is InChI=1S/C15H16FN3O2/c16-12-1-2-14(21-9-10-3-4-20-8-10)13(5-12)11-6-18-15(17)19-7-11/h1-2,5-7,10H,3-4,8-9H2,(H2,17,18,19). The van der Waals surface area contributed by atoms with Crippen LogP contribution in [-0.4, -0.2) is 29.8 Å². The lowest BCUT2D eigenvalue weighted by atomic mass is 10.1. The van der Waals surface area contributed by atoms with Crippen LogP contribution in [0.4, 0.5) is 10.3 Å². The number of nitrogen functional groups attached to an aromatic ring is 1. The van der Waals surface area contributed by atoms with Crippen LogP contribution in [0.15, 0.2) is 30.6 Å². The molecule has 0 radical (unpaired) electrons. The molecule has 2 aromatic rings. The van der Waals surface area contributed by atoms with E-state index in [-0.39, 0.29) is 11.8 Å². The first-order chi connectivity index (χ1) is 10.2. The highest BCUT2D eigenvalue weighted by atomic mass is 19.1. The maximum Gasteiger partial charge on any atom is 0.219 e. The fraction of sp³-hybridized carbons (Fsp3) is 0.333. The molecule has 1 aromatic heterocycles. The van der Waals surface area contributed by atoms with Crippen molar-refractivity contribution < 1.29 is 13.9 Å². The molecule has 6 heteroatoms. The Labute approximate surface area is 121 Å². The minimum absolute atomic E-state index is 0.181. The van der Waals surface area contributed by atoms with E-state index < -0.39 is 0 Å². The number of benzene rings is 1. The number of hydrogen-bond donors (Lipinski definition) is 1. The highest BCUT2D eigenvalue weighted by Crippen LogP contribution is 2.31. The van der Waals surface area contributed by atoms with E-state index in [2.05, 4.69) is 9.97 Å². The molecule has 1 aliphatic rings. The van der Waals surface area contributed by atoms with E-state index in [9.17, 15) is 4.39 Å². The zero-order valence-corrected chi connectivity index (χ0v) is 11.5. The highest BCUT2D eigenvalue weighted by Gasteiger charge is 2.17. The average Bonchev–Trinajstić information content (AvgIpc) is 3.00. The van der Waals surface area contributed by atoms with Gasteiger partial charge in [0.2, 0.25) is 5.95 Å². The number of anilines is 1. The Kier molecular flexibility index (Phi) is 3.96. The third-order valence-electron chi connectivity index (χ3n) is 3.42. The van der Waals surface area contributed by atoms with Gasteiger partial charge in [-0.15, -0.1) is 0 Å². The molecule has 0 bridgehead atoms. The topological polar surface area (TPSA) is 70.3 Å². The molecule has 1 aliphatic heterocycles. The van der Waals surface area contributed by atoms with E-state index in [1.165, 1.54) is 12.1 Å². The van der Waals surface area contributed by atoms with Crippen LogP contribution in [0.25, 0.3) is 11.1 Å². The Bertz CT molecular complexity index is 613. The van der Waals surface area contributed by atoms with Gasteiger partial charge in [-0.1, -0.05) is 0 Å². The van der Waals surface area contributed by atoms with Gasteiger partial charge in [-0.2, -0.15) is 0 Å². The monoisotopic (exact) mass is 289 g/mol. The van der Waals surface area contributed by atoms with E-state index in [0.717, 1.165) is 13.0 Å². The summed E-state index contributed by atoms with van der Waals surface area (Å²) in [5.74, 6) is 0.835. The zero-order valence-electron chi connectivity index (χ0n) is 11.5. The Hall–Kier alpha value is -2.21. The van der Waals surface area contributed by atoms with Crippen LogP contribution in [0.3, 0.4) is 0 Å². The van der Waals surface area contributed by atoms with Gasteiger partial charge in [0.05, 0.1) is 13.2 Å². The summed E-state index contributed by atoms with van der Waals surface area (Å²) in [7, 11) is 0. The number of nitrogens with two attached hydrogens (primary N) is 1. The van der Waals surface area contributed by atoms with Gasteiger partial charge in [-0.3, -0.25) is 0 Å². The van der Waals surface area contributed by atoms with Crippen LogP contribution in [0, 0.1) is 11.7 Å². The molecule has 3 rings (SSSR count). The van der Waals surface area contributed by atoms with Crippen LogP contribution < -0.4 is 10.5 Å². The number of aromatic nitrogens is 2. The molecule has 1 atom stereocenters. The number of rotatable bonds is 4. The van der Waals surface area contributed by atoms with Crippen LogP contribution in [-0.2, 0) is 4.74 Å². The molecule has 0 spiro atoms. The molecule has 1 fully saturated rings. The van der Waals surface area contributed by atoms with Crippen molar-refractivity contribution in [1.29, 1.82) is 0 Å². The fourth-order valence-electron chi connectivity index (χ4n) is 2.25. The summed E-state index contributed by atoms with van der Waals surface area (Å²) in [6.07, 6.45) is 4.10. The molecule has 0 saturated carbocycles. The minimum atomic E-state index is -0.335. The van der Waals surface area contributed by atoms with Crippen LogP contribution in [0.5, 0.6) is 5.75 Å². The lowest BCUT2D eigenvalue weighted by molar-refractivity contribution is 0.167. The first kappa shape index (κ1) is 13.8. The normalized spacial score (nSPS) is 17.9. The molecule has 2 N–H and O–H groups in total. The van der Waals surface area contributed by atoms with Gasteiger partial charge in [-0.25, -0.2) is 14.4 Å². The molecular formula is C15H16FN3O2. The molecule has 2 heterocycles. The maximum absolute atomic E-state index is 13.5. The molecule has 0 aliphatic carbocycles. The second kappa shape index (κ2) is 6.05. The third kappa shape index (κ3) is 3.28.